The molecule has 0 spiro atoms. The lowest BCUT2D eigenvalue weighted by molar-refractivity contribution is -0.0812. The van der Waals surface area contributed by atoms with Gasteiger partial charge in [0.05, 0.1) is 12.2 Å². The van der Waals surface area contributed by atoms with Gasteiger partial charge < -0.3 is 10.5 Å². The Balaban J connectivity index is 1.70. The molecule has 2 unspecified atom stereocenters. The number of hydrogen-bond donors (Lipinski definition) is 1. The molecule has 1 fully saturated rings. The van der Waals surface area contributed by atoms with E-state index in [9.17, 15) is 0 Å². The Hall–Kier alpha value is -1.36. The molecule has 106 valence electrons. The van der Waals surface area contributed by atoms with Crippen molar-refractivity contribution in [2.24, 2.45) is 0 Å². The van der Waals surface area contributed by atoms with E-state index in [1.54, 1.807) is 11.3 Å². The predicted octanol–water partition coefficient (Wildman–Crippen LogP) is 3.29. The average molecular weight is 288 g/mol. The van der Waals surface area contributed by atoms with Gasteiger partial charge in [0.1, 0.15) is 0 Å². The van der Waals surface area contributed by atoms with Crippen LogP contribution < -0.4 is 5.73 Å². The third-order valence-electron chi connectivity index (χ3n) is 3.61. The maximum Gasteiger partial charge on any atom is 0.0964 e. The molecule has 2 heterocycles. The Morgan fingerprint density at radius 3 is 3.00 bits per heavy atom. The van der Waals surface area contributed by atoms with Crippen molar-refractivity contribution in [2.45, 2.75) is 25.7 Å². The average Bonchev–Trinajstić information content (AvgIpc) is 2.91. The first-order chi connectivity index (χ1) is 9.70. The summed E-state index contributed by atoms with van der Waals surface area (Å²) in [5.74, 6) is 0. The molecular formula is C16H20N2OS. The van der Waals surface area contributed by atoms with Crippen molar-refractivity contribution in [3.63, 3.8) is 0 Å². The highest BCUT2D eigenvalue weighted by Crippen LogP contribution is 2.27. The first kappa shape index (κ1) is 13.6. The van der Waals surface area contributed by atoms with E-state index in [1.165, 1.54) is 11.1 Å². The van der Waals surface area contributed by atoms with Crippen molar-refractivity contribution in [1.29, 1.82) is 0 Å². The van der Waals surface area contributed by atoms with Crippen LogP contribution in [-0.4, -0.2) is 24.1 Å². The molecule has 0 bridgehead atoms. The minimum atomic E-state index is 0.186. The Bertz CT molecular complexity index is 555. The summed E-state index contributed by atoms with van der Waals surface area (Å²) in [6.07, 6.45) is 0.445. The van der Waals surface area contributed by atoms with Gasteiger partial charge >= 0.3 is 0 Å². The molecule has 1 aliphatic heterocycles. The van der Waals surface area contributed by atoms with Crippen molar-refractivity contribution in [3.05, 3.63) is 52.2 Å². The number of thiophene rings is 1. The lowest BCUT2D eigenvalue weighted by Crippen LogP contribution is -2.42. The second-order valence-corrected chi connectivity index (χ2v) is 6.21. The fraction of sp³-hybridized carbons (Fsp3) is 0.375. The van der Waals surface area contributed by atoms with Gasteiger partial charge in [-0.05, 0) is 47.0 Å². The summed E-state index contributed by atoms with van der Waals surface area (Å²) in [6.45, 7) is 4.98. The van der Waals surface area contributed by atoms with Crippen LogP contribution in [0.1, 0.15) is 24.2 Å². The molecule has 3 rings (SSSR count). The highest BCUT2D eigenvalue weighted by atomic mass is 32.1. The highest BCUT2D eigenvalue weighted by Gasteiger charge is 2.26. The molecule has 1 saturated heterocycles. The van der Waals surface area contributed by atoms with Crippen molar-refractivity contribution in [2.75, 3.05) is 18.8 Å². The van der Waals surface area contributed by atoms with Gasteiger partial charge in [-0.2, -0.15) is 11.3 Å². The number of benzene rings is 1. The van der Waals surface area contributed by atoms with Crippen molar-refractivity contribution in [1.82, 2.24) is 4.90 Å². The third-order valence-corrected chi connectivity index (χ3v) is 4.31. The first-order valence-electron chi connectivity index (χ1n) is 6.95. The first-order valence-corrected chi connectivity index (χ1v) is 7.89. The summed E-state index contributed by atoms with van der Waals surface area (Å²) in [4.78, 5) is 2.45. The number of nitrogen functional groups attached to an aromatic ring is 1. The van der Waals surface area contributed by atoms with Crippen LogP contribution in [0, 0.1) is 0 Å². The molecule has 0 saturated carbocycles. The van der Waals surface area contributed by atoms with E-state index in [2.05, 4.69) is 40.8 Å². The molecule has 0 aliphatic carbocycles. The zero-order valence-corrected chi connectivity index (χ0v) is 12.5. The second kappa shape index (κ2) is 5.95. The fourth-order valence-corrected chi connectivity index (χ4v) is 3.46. The summed E-state index contributed by atoms with van der Waals surface area (Å²) in [5.41, 5.74) is 9.24. The minimum Gasteiger partial charge on any atom is -0.399 e. The molecule has 1 aromatic carbocycles. The van der Waals surface area contributed by atoms with Gasteiger partial charge in [-0.15, -0.1) is 0 Å². The van der Waals surface area contributed by atoms with E-state index in [1.807, 2.05) is 12.1 Å². The summed E-state index contributed by atoms with van der Waals surface area (Å²) < 4.78 is 6.06. The standard InChI is InChI=1S/C16H20N2OS/c1-12-8-18(9-13-3-2-4-15(17)7-13)10-16(19-12)14-5-6-20-11-14/h2-7,11-12,16H,8-10,17H2,1H3. The molecule has 0 radical (unpaired) electrons. The number of ether oxygens (including phenoxy) is 1. The molecule has 1 aromatic heterocycles. The van der Waals surface area contributed by atoms with Gasteiger partial charge in [0.25, 0.3) is 0 Å². The smallest absolute Gasteiger partial charge is 0.0964 e. The normalized spacial score (nSPS) is 23.9. The zero-order chi connectivity index (χ0) is 13.9. The largest absolute Gasteiger partial charge is 0.399 e. The zero-order valence-electron chi connectivity index (χ0n) is 11.7. The van der Waals surface area contributed by atoms with Crippen LogP contribution in [0.15, 0.2) is 41.1 Å². The summed E-state index contributed by atoms with van der Waals surface area (Å²) >= 11 is 1.73. The summed E-state index contributed by atoms with van der Waals surface area (Å²) in [5, 5.41) is 4.29. The molecule has 0 amide bonds. The van der Waals surface area contributed by atoms with Gasteiger partial charge in [-0.1, -0.05) is 12.1 Å². The van der Waals surface area contributed by atoms with E-state index in [-0.39, 0.29) is 12.2 Å². The van der Waals surface area contributed by atoms with Crippen LogP contribution in [0.5, 0.6) is 0 Å². The van der Waals surface area contributed by atoms with Gasteiger partial charge in [0.15, 0.2) is 0 Å². The molecule has 2 aromatic rings. The molecule has 3 nitrogen and oxygen atoms in total. The summed E-state index contributed by atoms with van der Waals surface area (Å²) in [6, 6.07) is 10.3. The quantitative estimate of drug-likeness (QED) is 0.881. The monoisotopic (exact) mass is 288 g/mol. The van der Waals surface area contributed by atoms with Crippen molar-refractivity contribution in [3.8, 4) is 0 Å². The lowest BCUT2D eigenvalue weighted by atomic mass is 10.1. The van der Waals surface area contributed by atoms with Crippen LogP contribution >= 0.6 is 11.3 Å². The Morgan fingerprint density at radius 1 is 1.35 bits per heavy atom. The van der Waals surface area contributed by atoms with Gasteiger partial charge in [-0.3, -0.25) is 4.90 Å². The fourth-order valence-electron chi connectivity index (χ4n) is 2.76. The predicted molar refractivity (Wildman–Crippen MR) is 83.7 cm³/mol. The highest BCUT2D eigenvalue weighted by molar-refractivity contribution is 7.07. The Labute approximate surface area is 124 Å². The number of nitrogens with two attached hydrogens (primary N) is 1. The van der Waals surface area contributed by atoms with E-state index in [0.717, 1.165) is 25.3 Å². The Kier molecular flexibility index (Phi) is 4.05. The topological polar surface area (TPSA) is 38.5 Å². The molecule has 2 N–H and O–H groups in total. The number of anilines is 1. The van der Waals surface area contributed by atoms with Gasteiger partial charge in [0.2, 0.25) is 0 Å². The van der Waals surface area contributed by atoms with E-state index in [4.69, 9.17) is 10.5 Å². The number of rotatable bonds is 3. The molecule has 2 atom stereocenters. The van der Waals surface area contributed by atoms with Crippen LogP contribution in [-0.2, 0) is 11.3 Å². The number of morpholine rings is 1. The molecule has 4 heteroatoms. The number of hydrogen-bond acceptors (Lipinski definition) is 4. The van der Waals surface area contributed by atoms with Crippen LogP contribution in [0.2, 0.25) is 0 Å². The van der Waals surface area contributed by atoms with Gasteiger partial charge in [0, 0.05) is 25.3 Å². The molecule has 20 heavy (non-hydrogen) atoms. The summed E-state index contributed by atoms with van der Waals surface area (Å²) in [7, 11) is 0. The van der Waals surface area contributed by atoms with E-state index < -0.39 is 0 Å². The lowest BCUT2D eigenvalue weighted by Gasteiger charge is -2.36. The van der Waals surface area contributed by atoms with Gasteiger partial charge in [-0.25, -0.2) is 0 Å². The van der Waals surface area contributed by atoms with E-state index >= 15 is 0 Å². The maximum atomic E-state index is 6.06. The van der Waals surface area contributed by atoms with E-state index in [0.29, 0.717) is 0 Å². The van der Waals surface area contributed by atoms with Crippen molar-refractivity contribution < 1.29 is 4.74 Å². The number of nitrogens with zero attached hydrogens (tertiary/aromatic N) is 1. The third kappa shape index (κ3) is 3.20. The molecule has 1 aliphatic rings. The second-order valence-electron chi connectivity index (χ2n) is 5.43. The SMILES string of the molecule is CC1CN(Cc2cccc(N)c2)CC(c2ccsc2)O1. The van der Waals surface area contributed by atoms with Crippen molar-refractivity contribution >= 4 is 17.0 Å². The Morgan fingerprint density at radius 2 is 2.25 bits per heavy atom. The minimum absolute atomic E-state index is 0.186. The van der Waals surface area contributed by atoms with Crippen LogP contribution in [0.25, 0.3) is 0 Å². The van der Waals surface area contributed by atoms with Crippen LogP contribution in [0.3, 0.4) is 0 Å². The molecular weight excluding hydrogens is 268 g/mol. The maximum absolute atomic E-state index is 6.06. The van der Waals surface area contributed by atoms with Crippen LogP contribution in [0.4, 0.5) is 5.69 Å².